The van der Waals surface area contributed by atoms with Gasteiger partial charge in [0.25, 0.3) is 0 Å². The van der Waals surface area contributed by atoms with Crippen LogP contribution in [0.1, 0.15) is 26.7 Å². The molecule has 3 N–H and O–H groups in total. The van der Waals surface area contributed by atoms with Gasteiger partial charge in [-0.3, -0.25) is 0 Å². The second kappa shape index (κ2) is 7.03. The van der Waals surface area contributed by atoms with Crippen LogP contribution in [0.25, 0.3) is 0 Å². The van der Waals surface area contributed by atoms with Gasteiger partial charge in [-0.2, -0.15) is 0 Å². The van der Waals surface area contributed by atoms with E-state index >= 15 is 0 Å². The third-order valence-corrected chi connectivity index (χ3v) is 1.70. The monoisotopic (exact) mass is 144 g/mol. The number of hydrogen-bond acceptors (Lipinski definition) is 2. The Kier molecular flexibility index (Phi) is 6.98. The van der Waals surface area contributed by atoms with E-state index in [1.807, 2.05) is 0 Å². The van der Waals surface area contributed by atoms with Gasteiger partial charge in [-0.25, -0.2) is 0 Å². The highest BCUT2D eigenvalue weighted by Gasteiger charge is 1.96. The van der Waals surface area contributed by atoms with Crippen LogP contribution in [0.2, 0.25) is 0 Å². The Balaban J connectivity index is 2.89. The van der Waals surface area contributed by atoms with E-state index in [-0.39, 0.29) is 0 Å². The molecule has 0 fully saturated rings. The number of nitrogens with one attached hydrogen (secondary N) is 1. The summed E-state index contributed by atoms with van der Waals surface area (Å²) in [5.74, 6) is 0.693. The molecule has 0 saturated heterocycles. The molecule has 0 heterocycles. The van der Waals surface area contributed by atoms with Crippen LogP contribution in [0.15, 0.2) is 0 Å². The lowest BCUT2D eigenvalue weighted by atomic mass is 10.1. The topological polar surface area (TPSA) is 38.0 Å². The van der Waals surface area contributed by atoms with Gasteiger partial charge in [0.1, 0.15) is 0 Å². The predicted molar refractivity (Wildman–Crippen MR) is 46.0 cm³/mol. The zero-order valence-corrected chi connectivity index (χ0v) is 7.19. The lowest BCUT2D eigenvalue weighted by Gasteiger charge is -2.07. The molecule has 0 spiro atoms. The van der Waals surface area contributed by atoms with Gasteiger partial charge in [-0.15, -0.1) is 0 Å². The molecule has 1 atom stereocenters. The van der Waals surface area contributed by atoms with Gasteiger partial charge in [0.15, 0.2) is 0 Å². The van der Waals surface area contributed by atoms with Gasteiger partial charge in [0.2, 0.25) is 0 Å². The Morgan fingerprint density at radius 2 is 2.20 bits per heavy atom. The van der Waals surface area contributed by atoms with Crippen LogP contribution in [-0.2, 0) is 0 Å². The molecule has 0 aliphatic rings. The van der Waals surface area contributed by atoms with Gasteiger partial charge in [-0.1, -0.05) is 13.8 Å². The fraction of sp³-hybridized carbons (Fsp3) is 1.00. The Bertz CT molecular complexity index is 64.3. The summed E-state index contributed by atoms with van der Waals surface area (Å²) in [5, 5.41) is 3.29. The van der Waals surface area contributed by atoms with E-state index in [1.54, 1.807) is 0 Å². The Morgan fingerprint density at radius 3 is 2.70 bits per heavy atom. The smallest absolute Gasteiger partial charge is 0.00489 e. The van der Waals surface area contributed by atoms with E-state index in [2.05, 4.69) is 19.2 Å². The maximum Gasteiger partial charge on any atom is -0.00489 e. The predicted octanol–water partition coefficient (Wildman–Crippen LogP) is 0.971. The summed E-state index contributed by atoms with van der Waals surface area (Å²) in [6.07, 6.45) is 2.51. The third-order valence-electron chi connectivity index (χ3n) is 1.70. The van der Waals surface area contributed by atoms with E-state index in [4.69, 9.17) is 5.73 Å². The number of rotatable bonds is 6. The van der Waals surface area contributed by atoms with Crippen molar-refractivity contribution in [3.05, 3.63) is 0 Å². The zero-order chi connectivity index (χ0) is 7.82. The summed E-state index contributed by atoms with van der Waals surface area (Å²) < 4.78 is 0. The first-order valence-corrected chi connectivity index (χ1v) is 4.22. The van der Waals surface area contributed by atoms with Crippen molar-refractivity contribution < 1.29 is 0 Å². The fourth-order valence-corrected chi connectivity index (χ4v) is 0.870. The van der Waals surface area contributed by atoms with Crippen LogP contribution in [0.3, 0.4) is 0 Å². The van der Waals surface area contributed by atoms with E-state index in [9.17, 15) is 0 Å². The molecule has 0 saturated carbocycles. The van der Waals surface area contributed by atoms with Crippen LogP contribution < -0.4 is 11.1 Å². The molecule has 0 aromatic rings. The molecule has 2 heteroatoms. The van der Waals surface area contributed by atoms with Gasteiger partial charge in [-0.05, 0) is 38.4 Å². The molecule has 0 amide bonds. The number of nitrogens with two attached hydrogens (primary N) is 1. The molecule has 1 unspecified atom stereocenters. The second-order valence-electron chi connectivity index (χ2n) is 2.84. The first-order valence-electron chi connectivity index (χ1n) is 4.22. The summed E-state index contributed by atoms with van der Waals surface area (Å²) in [6, 6.07) is 0. The highest BCUT2D eigenvalue weighted by molar-refractivity contribution is 4.54. The molecule has 0 radical (unpaired) electrons. The molecule has 0 bridgehead atoms. The first kappa shape index (κ1) is 9.92. The van der Waals surface area contributed by atoms with E-state index in [1.165, 1.54) is 12.8 Å². The average molecular weight is 144 g/mol. The summed E-state index contributed by atoms with van der Waals surface area (Å²) in [6.45, 7) is 7.38. The quantitative estimate of drug-likeness (QED) is 0.545. The summed E-state index contributed by atoms with van der Waals surface area (Å²) in [7, 11) is 0. The van der Waals surface area contributed by atoms with Crippen molar-refractivity contribution in [1.29, 1.82) is 0 Å². The SMILES string of the molecule is CCNCCCC(C)CN. The highest BCUT2D eigenvalue weighted by atomic mass is 14.8. The van der Waals surface area contributed by atoms with Gasteiger partial charge < -0.3 is 11.1 Å². The fourth-order valence-electron chi connectivity index (χ4n) is 0.870. The molecule has 0 rings (SSSR count). The van der Waals surface area contributed by atoms with Crippen LogP contribution in [0.4, 0.5) is 0 Å². The third kappa shape index (κ3) is 6.05. The largest absolute Gasteiger partial charge is 0.330 e. The molecule has 0 aliphatic heterocycles. The second-order valence-corrected chi connectivity index (χ2v) is 2.84. The van der Waals surface area contributed by atoms with E-state index in [0.717, 1.165) is 19.6 Å². The molecule has 0 aliphatic carbocycles. The molecular weight excluding hydrogens is 124 g/mol. The van der Waals surface area contributed by atoms with Crippen molar-refractivity contribution in [3.63, 3.8) is 0 Å². The summed E-state index contributed by atoms with van der Waals surface area (Å²) >= 11 is 0. The number of hydrogen-bond donors (Lipinski definition) is 2. The maximum atomic E-state index is 5.47. The van der Waals surface area contributed by atoms with Crippen LogP contribution in [0.5, 0.6) is 0 Å². The van der Waals surface area contributed by atoms with Crippen LogP contribution in [-0.4, -0.2) is 19.6 Å². The van der Waals surface area contributed by atoms with Crippen molar-refractivity contribution in [1.82, 2.24) is 5.32 Å². The van der Waals surface area contributed by atoms with Crippen molar-refractivity contribution in [2.45, 2.75) is 26.7 Å². The highest BCUT2D eigenvalue weighted by Crippen LogP contribution is 2.01. The molecule has 0 aromatic heterocycles. The standard InChI is InChI=1S/C8H20N2/c1-3-10-6-4-5-8(2)7-9/h8,10H,3-7,9H2,1-2H3. The van der Waals surface area contributed by atoms with Crippen molar-refractivity contribution in [2.75, 3.05) is 19.6 Å². The average Bonchev–Trinajstić information content (AvgIpc) is 1.98. The Labute approximate surface area is 64.2 Å². The minimum atomic E-state index is 0.693. The van der Waals surface area contributed by atoms with E-state index < -0.39 is 0 Å². The van der Waals surface area contributed by atoms with Crippen molar-refractivity contribution >= 4 is 0 Å². The Morgan fingerprint density at radius 1 is 1.50 bits per heavy atom. The molecule has 10 heavy (non-hydrogen) atoms. The van der Waals surface area contributed by atoms with Gasteiger partial charge >= 0.3 is 0 Å². The van der Waals surface area contributed by atoms with E-state index in [0.29, 0.717) is 5.92 Å². The molecule has 0 aromatic carbocycles. The first-order chi connectivity index (χ1) is 4.81. The van der Waals surface area contributed by atoms with Gasteiger partial charge in [0.05, 0.1) is 0 Å². The van der Waals surface area contributed by atoms with Gasteiger partial charge in [0, 0.05) is 0 Å². The molecule has 2 nitrogen and oxygen atoms in total. The van der Waals surface area contributed by atoms with Crippen molar-refractivity contribution in [3.8, 4) is 0 Å². The normalized spacial score (nSPS) is 13.5. The lowest BCUT2D eigenvalue weighted by molar-refractivity contribution is 0.505. The minimum Gasteiger partial charge on any atom is -0.330 e. The molecule has 62 valence electrons. The minimum absolute atomic E-state index is 0.693. The lowest BCUT2D eigenvalue weighted by Crippen LogP contribution is -2.17. The van der Waals surface area contributed by atoms with Crippen LogP contribution >= 0.6 is 0 Å². The summed E-state index contributed by atoms with van der Waals surface area (Å²) in [4.78, 5) is 0. The molecular formula is C8H20N2. The van der Waals surface area contributed by atoms with Crippen LogP contribution in [0, 0.1) is 5.92 Å². The maximum absolute atomic E-state index is 5.47. The summed E-state index contributed by atoms with van der Waals surface area (Å²) in [5.41, 5.74) is 5.47. The zero-order valence-electron chi connectivity index (χ0n) is 7.19. The van der Waals surface area contributed by atoms with Crippen molar-refractivity contribution in [2.24, 2.45) is 11.7 Å². The Hall–Kier alpha value is -0.0800.